The number of carbonyl (C=O) groups is 1. The van der Waals surface area contributed by atoms with Crippen LogP contribution in [0.1, 0.15) is 44.7 Å². The Hall–Kier alpha value is -1.68. The summed E-state index contributed by atoms with van der Waals surface area (Å²) in [6.07, 6.45) is 4.35. The summed E-state index contributed by atoms with van der Waals surface area (Å²) in [7, 11) is 0. The molecule has 0 fully saturated rings. The first-order valence-corrected chi connectivity index (χ1v) is 8.57. The van der Waals surface area contributed by atoms with Crippen LogP contribution >= 0.6 is 11.8 Å². The Labute approximate surface area is 135 Å². The second kappa shape index (κ2) is 6.21. The summed E-state index contributed by atoms with van der Waals surface area (Å²) >= 11 is 1.77. The van der Waals surface area contributed by atoms with Crippen molar-refractivity contribution in [3.05, 3.63) is 40.9 Å². The molecule has 1 aliphatic rings. The number of aliphatic carboxylic acids is 1. The lowest BCUT2D eigenvalue weighted by Crippen LogP contribution is -2.18. The fourth-order valence-electron chi connectivity index (χ4n) is 3.31. The minimum atomic E-state index is -0.706. The van der Waals surface area contributed by atoms with E-state index in [1.54, 1.807) is 11.8 Å². The van der Waals surface area contributed by atoms with Gasteiger partial charge in [-0.15, -0.1) is 0 Å². The van der Waals surface area contributed by atoms with Crippen LogP contribution in [0.3, 0.4) is 0 Å². The third-order valence-corrected chi connectivity index (χ3v) is 5.57. The summed E-state index contributed by atoms with van der Waals surface area (Å²) in [6, 6.07) is 8.43. The number of allylic oxidation sites excluding steroid dienone is 2. The number of fused-ring (bicyclic) bond motifs is 3. The lowest BCUT2D eigenvalue weighted by Gasteiger charge is -2.25. The van der Waals surface area contributed by atoms with Gasteiger partial charge in [-0.25, -0.2) is 0 Å². The Morgan fingerprint density at radius 3 is 2.95 bits per heavy atom. The summed E-state index contributed by atoms with van der Waals surface area (Å²) in [5.74, 6) is -0.590. The number of para-hydroxylation sites is 1. The number of carboxylic acids is 1. The summed E-state index contributed by atoms with van der Waals surface area (Å²) in [5.41, 5.74) is 2.46. The summed E-state index contributed by atoms with van der Waals surface area (Å²) in [6.45, 7) is 5.14. The maximum Gasteiger partial charge on any atom is 0.304 e. The number of hydrogen-bond acceptors (Lipinski definition) is 2. The van der Waals surface area contributed by atoms with E-state index < -0.39 is 5.97 Å². The highest BCUT2D eigenvalue weighted by Gasteiger charge is 2.29. The maximum absolute atomic E-state index is 11.3. The van der Waals surface area contributed by atoms with Crippen LogP contribution < -0.4 is 0 Å². The molecule has 1 aliphatic heterocycles. The molecule has 0 saturated heterocycles. The van der Waals surface area contributed by atoms with Crippen LogP contribution in [0.4, 0.5) is 0 Å². The molecule has 1 atom stereocenters. The number of aryl methyl sites for hydroxylation is 1. The van der Waals surface area contributed by atoms with Gasteiger partial charge in [0.1, 0.15) is 0 Å². The zero-order valence-corrected chi connectivity index (χ0v) is 13.8. The molecule has 4 heteroatoms. The number of carboxylic acid groups (broad SMARTS) is 1. The minimum absolute atomic E-state index is 0.116. The second-order valence-corrected chi connectivity index (χ2v) is 7.08. The van der Waals surface area contributed by atoms with E-state index in [9.17, 15) is 9.90 Å². The molecule has 116 valence electrons. The third kappa shape index (κ3) is 2.68. The molecule has 0 saturated carbocycles. The molecule has 2 heterocycles. The number of rotatable bonds is 4. The van der Waals surface area contributed by atoms with E-state index in [-0.39, 0.29) is 12.3 Å². The zero-order chi connectivity index (χ0) is 15.7. The van der Waals surface area contributed by atoms with Crippen LogP contribution in [0.25, 0.3) is 10.9 Å². The van der Waals surface area contributed by atoms with Crippen molar-refractivity contribution < 1.29 is 9.90 Å². The molecule has 0 radical (unpaired) electrons. The Balaban J connectivity index is 2.20. The number of aromatic nitrogens is 1. The van der Waals surface area contributed by atoms with Crippen LogP contribution in [0, 0.1) is 0 Å². The predicted octanol–water partition coefficient (Wildman–Crippen LogP) is 5.01. The lowest BCUT2D eigenvalue weighted by molar-refractivity contribution is -0.137. The van der Waals surface area contributed by atoms with Crippen LogP contribution in [0.15, 0.2) is 40.1 Å². The molecule has 1 N–H and O–H groups in total. The first-order chi connectivity index (χ1) is 10.6. The second-order valence-electron chi connectivity index (χ2n) is 5.82. The number of thioether (sulfide) groups is 1. The quantitative estimate of drug-likeness (QED) is 0.806. The summed E-state index contributed by atoms with van der Waals surface area (Å²) in [5, 5.41) is 10.5. The first kappa shape index (κ1) is 15.2. The van der Waals surface area contributed by atoms with Gasteiger partial charge in [-0.05, 0) is 37.7 Å². The van der Waals surface area contributed by atoms with Crippen molar-refractivity contribution in [3.8, 4) is 0 Å². The van der Waals surface area contributed by atoms with Gasteiger partial charge < -0.3 is 9.67 Å². The number of benzene rings is 1. The highest BCUT2D eigenvalue weighted by atomic mass is 32.2. The predicted molar refractivity (Wildman–Crippen MR) is 91.5 cm³/mol. The van der Waals surface area contributed by atoms with Crippen molar-refractivity contribution >= 4 is 28.6 Å². The fourth-order valence-corrected chi connectivity index (χ4v) is 4.41. The summed E-state index contributed by atoms with van der Waals surface area (Å²) < 4.78 is 2.34. The SMILES string of the molecule is C/C=C(\C)Sc1c2n(c3ccccc13)CCCC2CC(=O)O. The molecule has 0 amide bonds. The Bertz CT molecular complexity index is 745. The van der Waals surface area contributed by atoms with Crippen molar-refractivity contribution in [2.75, 3.05) is 0 Å². The van der Waals surface area contributed by atoms with Gasteiger partial charge in [0.15, 0.2) is 0 Å². The molecule has 3 rings (SSSR count). The third-order valence-electron chi connectivity index (χ3n) is 4.37. The minimum Gasteiger partial charge on any atom is -0.481 e. The molecular weight excluding hydrogens is 294 g/mol. The van der Waals surface area contributed by atoms with Gasteiger partial charge in [-0.3, -0.25) is 4.79 Å². The topological polar surface area (TPSA) is 42.2 Å². The highest BCUT2D eigenvalue weighted by Crippen LogP contribution is 2.45. The molecule has 3 nitrogen and oxygen atoms in total. The lowest BCUT2D eigenvalue weighted by atomic mass is 9.93. The zero-order valence-electron chi connectivity index (χ0n) is 13.0. The van der Waals surface area contributed by atoms with E-state index >= 15 is 0 Å². The monoisotopic (exact) mass is 315 g/mol. The first-order valence-electron chi connectivity index (χ1n) is 7.75. The van der Waals surface area contributed by atoms with Crippen molar-refractivity contribution in [1.29, 1.82) is 0 Å². The van der Waals surface area contributed by atoms with E-state index in [1.807, 2.05) is 6.92 Å². The highest BCUT2D eigenvalue weighted by molar-refractivity contribution is 8.03. The van der Waals surface area contributed by atoms with Gasteiger partial charge in [0, 0.05) is 34.0 Å². The van der Waals surface area contributed by atoms with E-state index in [4.69, 9.17) is 0 Å². The molecule has 0 bridgehead atoms. The van der Waals surface area contributed by atoms with Crippen molar-refractivity contribution in [2.45, 2.75) is 50.5 Å². The van der Waals surface area contributed by atoms with Crippen LogP contribution in [0.5, 0.6) is 0 Å². The van der Waals surface area contributed by atoms with Gasteiger partial charge in [0.05, 0.1) is 6.42 Å². The molecule has 1 unspecified atom stereocenters. The van der Waals surface area contributed by atoms with Gasteiger partial charge in [0.25, 0.3) is 0 Å². The maximum atomic E-state index is 11.3. The normalized spacial score (nSPS) is 18.5. The Morgan fingerprint density at radius 2 is 2.23 bits per heavy atom. The molecular formula is C18H21NO2S. The van der Waals surface area contributed by atoms with Gasteiger partial charge >= 0.3 is 5.97 Å². The Kier molecular flexibility index (Phi) is 4.30. The van der Waals surface area contributed by atoms with Crippen molar-refractivity contribution in [1.82, 2.24) is 4.57 Å². The molecule has 2 aromatic rings. The van der Waals surface area contributed by atoms with E-state index in [0.717, 1.165) is 19.4 Å². The van der Waals surface area contributed by atoms with Crippen LogP contribution in [-0.4, -0.2) is 15.6 Å². The summed E-state index contributed by atoms with van der Waals surface area (Å²) in [4.78, 5) is 13.8. The molecule has 1 aromatic carbocycles. The van der Waals surface area contributed by atoms with Gasteiger partial charge in [-0.2, -0.15) is 0 Å². The van der Waals surface area contributed by atoms with Crippen LogP contribution in [-0.2, 0) is 11.3 Å². The van der Waals surface area contributed by atoms with Crippen molar-refractivity contribution in [3.63, 3.8) is 0 Å². The van der Waals surface area contributed by atoms with Crippen LogP contribution in [0.2, 0.25) is 0 Å². The molecule has 0 aliphatic carbocycles. The Morgan fingerprint density at radius 1 is 1.45 bits per heavy atom. The largest absolute Gasteiger partial charge is 0.481 e. The van der Waals surface area contributed by atoms with Gasteiger partial charge in [0.2, 0.25) is 0 Å². The average molecular weight is 315 g/mol. The molecule has 0 spiro atoms. The van der Waals surface area contributed by atoms with E-state index in [1.165, 1.54) is 26.4 Å². The average Bonchev–Trinajstić information content (AvgIpc) is 2.82. The number of hydrogen-bond donors (Lipinski definition) is 1. The number of nitrogens with zero attached hydrogens (tertiary/aromatic N) is 1. The fraction of sp³-hybridized carbons (Fsp3) is 0.389. The van der Waals surface area contributed by atoms with Crippen molar-refractivity contribution in [2.24, 2.45) is 0 Å². The van der Waals surface area contributed by atoms with E-state index in [2.05, 4.69) is 41.8 Å². The standard InChI is InChI=1S/C18H21NO2S/c1-3-12(2)22-18-14-8-4-5-9-15(14)19-10-6-7-13(17(18)19)11-16(20)21/h3-5,8-9,13H,6-7,10-11H2,1-2H3,(H,20,21)/b12-3+. The smallest absolute Gasteiger partial charge is 0.304 e. The van der Waals surface area contributed by atoms with E-state index in [0.29, 0.717) is 0 Å². The molecule has 22 heavy (non-hydrogen) atoms. The van der Waals surface area contributed by atoms with Gasteiger partial charge in [-0.1, -0.05) is 36.0 Å². The molecule has 1 aromatic heterocycles.